The van der Waals surface area contributed by atoms with Crippen LogP contribution in [0.5, 0.6) is 0 Å². The maximum Gasteiger partial charge on any atom is 0.168 e. The van der Waals surface area contributed by atoms with Gasteiger partial charge in [0.25, 0.3) is 0 Å². The van der Waals surface area contributed by atoms with Crippen LogP contribution >= 0.6 is 0 Å². The molecule has 0 aromatic heterocycles. The average Bonchev–Trinajstić information content (AvgIpc) is 3.44. The van der Waals surface area contributed by atoms with Crippen LogP contribution < -0.4 is 0 Å². The first-order valence-electron chi connectivity index (χ1n) is 19.7. The molecule has 1 aliphatic rings. The molecule has 0 N–H and O–H groups in total. The summed E-state index contributed by atoms with van der Waals surface area (Å²) < 4.78 is 13.1. The van der Waals surface area contributed by atoms with E-state index in [0.717, 1.165) is 51.7 Å². The lowest BCUT2D eigenvalue weighted by Crippen LogP contribution is -2.31. The highest BCUT2D eigenvalue weighted by Crippen LogP contribution is 2.35. The third-order valence-electron chi connectivity index (χ3n) is 9.08. The van der Waals surface area contributed by atoms with Gasteiger partial charge in [0.1, 0.15) is 0 Å². The predicted octanol–water partition coefficient (Wildman–Crippen LogP) is 13.1. The molecular formula is C42H77NO2. The molecule has 0 bridgehead atoms. The fourth-order valence-corrected chi connectivity index (χ4v) is 6.14. The minimum Gasteiger partial charge on any atom is -0.347 e. The van der Waals surface area contributed by atoms with Gasteiger partial charge in [-0.25, -0.2) is 0 Å². The molecule has 0 saturated carbocycles. The molecule has 0 aliphatic carbocycles. The Labute approximate surface area is 282 Å². The van der Waals surface area contributed by atoms with Gasteiger partial charge in [-0.15, -0.1) is 0 Å². The second-order valence-corrected chi connectivity index (χ2v) is 13.9. The van der Waals surface area contributed by atoms with Gasteiger partial charge in [0.15, 0.2) is 5.79 Å². The molecule has 1 rings (SSSR count). The Bertz CT molecular complexity index is 739. The van der Waals surface area contributed by atoms with Crippen LogP contribution in [0.2, 0.25) is 0 Å². The average molecular weight is 628 g/mol. The van der Waals surface area contributed by atoms with Crippen LogP contribution in [0.1, 0.15) is 181 Å². The van der Waals surface area contributed by atoms with Gasteiger partial charge in [-0.3, -0.25) is 0 Å². The van der Waals surface area contributed by atoms with Crippen molar-refractivity contribution >= 4 is 0 Å². The summed E-state index contributed by atoms with van der Waals surface area (Å²) in [5.41, 5.74) is 0. The summed E-state index contributed by atoms with van der Waals surface area (Å²) in [4.78, 5) is 2.25. The fourth-order valence-electron chi connectivity index (χ4n) is 6.14. The number of hydrogen-bond donors (Lipinski definition) is 0. The zero-order valence-electron chi connectivity index (χ0n) is 30.8. The second-order valence-electron chi connectivity index (χ2n) is 13.9. The van der Waals surface area contributed by atoms with E-state index in [2.05, 4.69) is 81.5 Å². The van der Waals surface area contributed by atoms with E-state index in [9.17, 15) is 0 Å². The Kier molecular flexibility index (Phi) is 29.2. The Morgan fingerprint density at radius 2 is 0.933 bits per heavy atom. The van der Waals surface area contributed by atoms with E-state index in [4.69, 9.17) is 9.47 Å². The Morgan fingerprint density at radius 3 is 1.42 bits per heavy atom. The molecule has 2 unspecified atom stereocenters. The van der Waals surface area contributed by atoms with Crippen molar-refractivity contribution in [1.82, 2.24) is 4.90 Å². The van der Waals surface area contributed by atoms with Crippen LogP contribution in [0.3, 0.4) is 0 Å². The molecule has 0 amide bonds. The smallest absolute Gasteiger partial charge is 0.168 e. The van der Waals surface area contributed by atoms with Crippen LogP contribution in [0.25, 0.3) is 0 Å². The summed E-state index contributed by atoms with van der Waals surface area (Å²) in [6.45, 7) is 6.39. The third kappa shape index (κ3) is 26.6. The fraction of sp³-hybridized carbons (Fsp3) is 0.810. The Balaban J connectivity index is 2.18. The first kappa shape index (κ1) is 41.9. The second kappa shape index (κ2) is 31.4. The van der Waals surface area contributed by atoms with Gasteiger partial charge in [0.2, 0.25) is 0 Å². The number of unbranched alkanes of at least 4 members (excludes halogenated alkanes) is 17. The minimum absolute atomic E-state index is 0.250. The molecule has 0 aromatic carbocycles. The van der Waals surface area contributed by atoms with Crippen molar-refractivity contribution in [1.29, 1.82) is 0 Å². The first-order chi connectivity index (χ1) is 22.1. The van der Waals surface area contributed by atoms with Gasteiger partial charge in [0.05, 0.1) is 12.7 Å². The molecule has 0 aromatic rings. The number of allylic oxidation sites excluding steroid dienone is 8. The van der Waals surface area contributed by atoms with Crippen LogP contribution in [-0.2, 0) is 9.47 Å². The van der Waals surface area contributed by atoms with E-state index < -0.39 is 0 Å². The Morgan fingerprint density at radius 1 is 0.533 bits per heavy atom. The molecule has 3 nitrogen and oxygen atoms in total. The summed E-state index contributed by atoms with van der Waals surface area (Å²) in [5.74, 6) is -0.338. The molecule has 1 aliphatic heterocycles. The zero-order valence-corrected chi connectivity index (χ0v) is 30.8. The van der Waals surface area contributed by atoms with Crippen LogP contribution in [0.15, 0.2) is 48.6 Å². The maximum atomic E-state index is 6.65. The SMILES string of the molecule is CCCCCC/C=C\C/C=C\CCCCC1(CCCCCCCC/C=C\C/C=C\CCCCCCC)OCC(CCN(C)C)O1. The van der Waals surface area contributed by atoms with Crippen LogP contribution in [-0.4, -0.2) is 44.0 Å². The first-order valence-corrected chi connectivity index (χ1v) is 19.7. The number of hydrogen-bond acceptors (Lipinski definition) is 3. The van der Waals surface area contributed by atoms with Crippen LogP contribution in [0, 0.1) is 0 Å². The van der Waals surface area contributed by atoms with Gasteiger partial charge in [-0.05, 0) is 97.6 Å². The molecule has 0 radical (unpaired) electrons. The quantitative estimate of drug-likeness (QED) is 0.0547. The highest BCUT2D eigenvalue weighted by molar-refractivity contribution is 4.93. The molecule has 2 atom stereocenters. The topological polar surface area (TPSA) is 21.7 Å². The lowest BCUT2D eigenvalue weighted by atomic mass is 9.99. The van der Waals surface area contributed by atoms with Gasteiger partial charge in [-0.2, -0.15) is 0 Å². The monoisotopic (exact) mass is 628 g/mol. The largest absolute Gasteiger partial charge is 0.347 e. The number of rotatable bonds is 32. The molecule has 0 spiro atoms. The van der Waals surface area contributed by atoms with Crippen molar-refractivity contribution in [2.45, 2.75) is 193 Å². The highest BCUT2D eigenvalue weighted by atomic mass is 16.7. The van der Waals surface area contributed by atoms with Crippen molar-refractivity contribution in [3.8, 4) is 0 Å². The predicted molar refractivity (Wildman–Crippen MR) is 200 cm³/mol. The lowest BCUT2D eigenvalue weighted by molar-refractivity contribution is -0.180. The van der Waals surface area contributed by atoms with Crippen molar-refractivity contribution in [2.75, 3.05) is 27.2 Å². The van der Waals surface area contributed by atoms with Crippen LogP contribution in [0.4, 0.5) is 0 Å². The molecule has 1 fully saturated rings. The van der Waals surface area contributed by atoms with E-state index in [1.54, 1.807) is 0 Å². The van der Waals surface area contributed by atoms with Gasteiger partial charge in [0, 0.05) is 19.4 Å². The normalized spacial score (nSPS) is 19.2. The van der Waals surface area contributed by atoms with Crippen molar-refractivity contribution in [3.05, 3.63) is 48.6 Å². The van der Waals surface area contributed by atoms with E-state index >= 15 is 0 Å². The molecule has 262 valence electrons. The summed E-state index contributed by atoms with van der Waals surface area (Å²) in [6, 6.07) is 0. The molecular weight excluding hydrogens is 550 g/mol. The lowest BCUT2D eigenvalue weighted by Gasteiger charge is -2.28. The zero-order chi connectivity index (χ0) is 32.5. The van der Waals surface area contributed by atoms with Crippen molar-refractivity contribution < 1.29 is 9.47 Å². The molecule has 1 heterocycles. The van der Waals surface area contributed by atoms with Gasteiger partial charge >= 0.3 is 0 Å². The highest BCUT2D eigenvalue weighted by Gasteiger charge is 2.40. The number of ether oxygens (including phenoxy) is 2. The molecule has 45 heavy (non-hydrogen) atoms. The van der Waals surface area contributed by atoms with E-state index in [1.807, 2.05) is 0 Å². The summed E-state index contributed by atoms with van der Waals surface area (Å²) in [7, 11) is 4.29. The number of nitrogens with zero attached hydrogens (tertiary/aromatic N) is 1. The maximum absolute atomic E-state index is 6.65. The summed E-state index contributed by atoms with van der Waals surface area (Å²) in [5, 5.41) is 0. The molecule has 3 heteroatoms. The van der Waals surface area contributed by atoms with Crippen molar-refractivity contribution in [3.63, 3.8) is 0 Å². The van der Waals surface area contributed by atoms with Crippen molar-refractivity contribution in [2.24, 2.45) is 0 Å². The molecule has 1 saturated heterocycles. The van der Waals surface area contributed by atoms with E-state index in [-0.39, 0.29) is 11.9 Å². The standard InChI is InChI=1S/C42H77NO2/c1-5-7-9-11-13-15-17-19-20-21-22-23-25-27-29-31-33-35-38-42(44-40-41(45-42)36-39-43(3)4)37-34-32-30-28-26-24-18-16-14-12-10-8-6-2/h16-19,21-22,26,28,41H,5-15,20,23-25,27,29-40H2,1-4H3/b18-16-,19-17-,22-21-,28-26-. The third-order valence-corrected chi connectivity index (χ3v) is 9.08. The van der Waals surface area contributed by atoms with E-state index in [0.29, 0.717) is 0 Å². The Hall–Kier alpha value is -1.16. The summed E-state index contributed by atoms with van der Waals surface area (Å²) in [6.07, 6.45) is 51.9. The van der Waals surface area contributed by atoms with Gasteiger partial charge < -0.3 is 14.4 Å². The van der Waals surface area contributed by atoms with Gasteiger partial charge in [-0.1, -0.05) is 133 Å². The van der Waals surface area contributed by atoms with E-state index in [1.165, 1.54) is 128 Å². The minimum atomic E-state index is -0.338. The summed E-state index contributed by atoms with van der Waals surface area (Å²) >= 11 is 0.